The Bertz CT molecular complexity index is 654. The standard InChI is InChI=1S/C19H25F2N3O/c1-24-12-4-2-5-13(24)9-11(8-12)22-19(25)23-17-10-15(17)14-6-3-7-16(20)18(14)21/h3,6-7,11-13,15,17H,2,4-5,8-10H2,1H3,(H2,22,23,25)/t12-,13-,15+,17-/m0/s1. The number of carbonyl (C=O) groups excluding carboxylic acids is 1. The summed E-state index contributed by atoms with van der Waals surface area (Å²) in [5.74, 6) is -1.75. The lowest BCUT2D eigenvalue weighted by molar-refractivity contribution is 0.0509. The molecule has 6 heteroatoms. The van der Waals surface area contributed by atoms with Crippen LogP contribution in [0.2, 0.25) is 0 Å². The lowest BCUT2D eigenvalue weighted by Gasteiger charge is -2.47. The zero-order valence-corrected chi connectivity index (χ0v) is 14.5. The third-order valence-electron chi connectivity index (χ3n) is 6.16. The summed E-state index contributed by atoms with van der Waals surface area (Å²) in [6.45, 7) is 0. The number of halogens is 2. The monoisotopic (exact) mass is 349 g/mol. The second kappa shape index (κ2) is 6.56. The van der Waals surface area contributed by atoms with Gasteiger partial charge in [-0.3, -0.25) is 0 Å². The van der Waals surface area contributed by atoms with E-state index in [0.29, 0.717) is 24.1 Å². The normalized spacial score (nSPS) is 34.4. The van der Waals surface area contributed by atoms with Crippen LogP contribution in [0.4, 0.5) is 13.6 Å². The van der Waals surface area contributed by atoms with Crippen molar-refractivity contribution in [2.24, 2.45) is 0 Å². The summed E-state index contributed by atoms with van der Waals surface area (Å²) in [6.07, 6.45) is 6.33. The molecule has 0 unspecified atom stereocenters. The van der Waals surface area contributed by atoms with Gasteiger partial charge in [0.1, 0.15) is 0 Å². The molecular formula is C19H25F2N3O. The highest BCUT2D eigenvalue weighted by Crippen LogP contribution is 2.42. The van der Waals surface area contributed by atoms with Crippen molar-refractivity contribution in [3.8, 4) is 0 Å². The lowest BCUT2D eigenvalue weighted by atomic mass is 9.82. The van der Waals surface area contributed by atoms with Crippen molar-refractivity contribution < 1.29 is 13.6 Å². The summed E-state index contributed by atoms with van der Waals surface area (Å²) in [5, 5.41) is 6.01. The van der Waals surface area contributed by atoms with Crippen LogP contribution in [-0.4, -0.2) is 42.1 Å². The van der Waals surface area contributed by atoms with Crippen LogP contribution < -0.4 is 10.6 Å². The Kier molecular flexibility index (Phi) is 4.40. The van der Waals surface area contributed by atoms with Gasteiger partial charge in [0, 0.05) is 30.1 Å². The highest BCUT2D eigenvalue weighted by atomic mass is 19.2. The van der Waals surface area contributed by atoms with E-state index in [1.165, 1.54) is 25.3 Å². The molecule has 2 heterocycles. The first-order chi connectivity index (χ1) is 12.0. The Labute approximate surface area is 147 Å². The van der Waals surface area contributed by atoms with Crippen LogP contribution in [0.15, 0.2) is 18.2 Å². The third kappa shape index (κ3) is 3.36. The number of hydrogen-bond donors (Lipinski definition) is 2. The molecule has 4 nitrogen and oxygen atoms in total. The van der Waals surface area contributed by atoms with Crippen molar-refractivity contribution >= 4 is 6.03 Å². The molecule has 136 valence electrons. The van der Waals surface area contributed by atoms with E-state index in [9.17, 15) is 13.6 Å². The van der Waals surface area contributed by atoms with Crippen LogP contribution in [0.1, 0.15) is 50.0 Å². The Morgan fingerprint density at radius 1 is 1.12 bits per heavy atom. The van der Waals surface area contributed by atoms with Gasteiger partial charge in [-0.2, -0.15) is 0 Å². The van der Waals surface area contributed by atoms with Gasteiger partial charge in [0.15, 0.2) is 11.6 Å². The molecule has 4 atom stereocenters. The van der Waals surface area contributed by atoms with E-state index in [-0.39, 0.29) is 24.0 Å². The van der Waals surface area contributed by atoms with Crippen molar-refractivity contribution in [2.45, 2.75) is 68.6 Å². The molecule has 0 radical (unpaired) electrons. The highest BCUT2D eigenvalue weighted by molar-refractivity contribution is 5.75. The fourth-order valence-electron chi connectivity index (χ4n) is 4.63. The molecule has 2 saturated heterocycles. The molecule has 2 amide bonds. The summed E-state index contributed by atoms with van der Waals surface area (Å²) < 4.78 is 27.2. The molecule has 3 aliphatic rings. The molecule has 2 aliphatic heterocycles. The van der Waals surface area contributed by atoms with Crippen LogP contribution in [-0.2, 0) is 0 Å². The number of amides is 2. The first-order valence-corrected chi connectivity index (χ1v) is 9.26. The molecule has 1 aromatic rings. The van der Waals surface area contributed by atoms with E-state index in [1.807, 2.05) is 0 Å². The third-order valence-corrected chi connectivity index (χ3v) is 6.16. The largest absolute Gasteiger partial charge is 0.335 e. The summed E-state index contributed by atoms with van der Waals surface area (Å²) in [7, 11) is 2.19. The fraction of sp³-hybridized carbons (Fsp3) is 0.632. The van der Waals surface area contributed by atoms with Gasteiger partial charge in [-0.15, -0.1) is 0 Å². The Balaban J connectivity index is 1.30. The molecule has 2 bridgehead atoms. The summed E-state index contributed by atoms with van der Waals surface area (Å²) in [6, 6.07) is 5.27. The van der Waals surface area contributed by atoms with Gasteiger partial charge in [-0.1, -0.05) is 18.6 Å². The Morgan fingerprint density at radius 3 is 2.56 bits per heavy atom. The average molecular weight is 349 g/mol. The van der Waals surface area contributed by atoms with E-state index in [1.54, 1.807) is 6.07 Å². The minimum Gasteiger partial charge on any atom is -0.335 e. The van der Waals surface area contributed by atoms with Gasteiger partial charge in [-0.05, 0) is 50.8 Å². The maximum atomic E-state index is 13.8. The zero-order chi connectivity index (χ0) is 17.6. The molecule has 1 aliphatic carbocycles. The van der Waals surface area contributed by atoms with E-state index >= 15 is 0 Å². The first-order valence-electron chi connectivity index (χ1n) is 9.26. The van der Waals surface area contributed by atoms with Crippen LogP contribution in [0, 0.1) is 11.6 Å². The number of hydrogen-bond acceptors (Lipinski definition) is 2. The average Bonchev–Trinajstić information content (AvgIpc) is 3.29. The van der Waals surface area contributed by atoms with Gasteiger partial charge in [-0.25, -0.2) is 13.6 Å². The molecule has 0 spiro atoms. The topological polar surface area (TPSA) is 44.4 Å². The second-order valence-corrected chi connectivity index (χ2v) is 7.78. The van der Waals surface area contributed by atoms with Crippen LogP contribution in [0.3, 0.4) is 0 Å². The van der Waals surface area contributed by atoms with Crippen LogP contribution >= 0.6 is 0 Å². The molecule has 1 saturated carbocycles. The van der Waals surface area contributed by atoms with Crippen molar-refractivity contribution in [2.75, 3.05) is 7.05 Å². The smallest absolute Gasteiger partial charge is 0.315 e. The lowest BCUT2D eigenvalue weighted by Crippen LogP contribution is -2.56. The van der Waals surface area contributed by atoms with Gasteiger partial charge in [0.05, 0.1) is 0 Å². The summed E-state index contributed by atoms with van der Waals surface area (Å²) in [5.41, 5.74) is 0.360. The van der Waals surface area contributed by atoms with E-state index in [0.717, 1.165) is 18.9 Å². The van der Waals surface area contributed by atoms with E-state index in [4.69, 9.17) is 0 Å². The number of nitrogens with zero attached hydrogens (tertiary/aromatic N) is 1. The Morgan fingerprint density at radius 2 is 1.84 bits per heavy atom. The van der Waals surface area contributed by atoms with Gasteiger partial charge in [0.25, 0.3) is 0 Å². The van der Waals surface area contributed by atoms with Crippen molar-refractivity contribution in [1.29, 1.82) is 0 Å². The van der Waals surface area contributed by atoms with Gasteiger partial charge >= 0.3 is 6.03 Å². The SMILES string of the molecule is CN1[C@H]2CCC[C@H]1CC(NC(=O)N[C@H]1C[C@@H]1c1cccc(F)c1F)C2. The van der Waals surface area contributed by atoms with Crippen molar-refractivity contribution in [3.05, 3.63) is 35.4 Å². The Hall–Kier alpha value is -1.69. The number of benzene rings is 1. The summed E-state index contributed by atoms with van der Waals surface area (Å²) >= 11 is 0. The minimum absolute atomic E-state index is 0.109. The zero-order valence-electron chi connectivity index (χ0n) is 14.5. The molecule has 1 aromatic carbocycles. The molecule has 25 heavy (non-hydrogen) atoms. The van der Waals surface area contributed by atoms with Crippen LogP contribution in [0.5, 0.6) is 0 Å². The number of urea groups is 1. The molecule has 2 N–H and O–H groups in total. The fourth-order valence-corrected chi connectivity index (χ4v) is 4.63. The number of fused-ring (bicyclic) bond motifs is 2. The molecule has 0 aromatic heterocycles. The van der Waals surface area contributed by atoms with Crippen molar-refractivity contribution in [1.82, 2.24) is 15.5 Å². The molecule has 3 fully saturated rings. The minimum atomic E-state index is -0.828. The molecular weight excluding hydrogens is 324 g/mol. The van der Waals surface area contributed by atoms with Crippen LogP contribution in [0.25, 0.3) is 0 Å². The highest BCUT2D eigenvalue weighted by Gasteiger charge is 2.42. The second-order valence-electron chi connectivity index (χ2n) is 7.78. The van der Waals surface area contributed by atoms with Gasteiger partial charge in [0.2, 0.25) is 0 Å². The quantitative estimate of drug-likeness (QED) is 0.881. The van der Waals surface area contributed by atoms with E-state index in [2.05, 4.69) is 22.6 Å². The van der Waals surface area contributed by atoms with E-state index < -0.39 is 11.6 Å². The molecule has 4 rings (SSSR count). The number of nitrogens with one attached hydrogen (secondary N) is 2. The predicted octanol–water partition coefficient (Wildman–Crippen LogP) is 3.14. The maximum absolute atomic E-state index is 13.8. The first kappa shape index (κ1) is 16.8. The maximum Gasteiger partial charge on any atom is 0.315 e. The number of carbonyl (C=O) groups is 1. The predicted molar refractivity (Wildman–Crippen MR) is 91.4 cm³/mol. The number of piperidine rings is 2. The summed E-state index contributed by atoms with van der Waals surface area (Å²) in [4.78, 5) is 14.7. The van der Waals surface area contributed by atoms with Gasteiger partial charge < -0.3 is 15.5 Å². The van der Waals surface area contributed by atoms with Crippen molar-refractivity contribution in [3.63, 3.8) is 0 Å². The number of rotatable bonds is 3.